The van der Waals surface area contributed by atoms with Crippen LogP contribution >= 0.6 is 11.3 Å². The Hall–Kier alpha value is -2.64. The number of aryl methyl sites for hydroxylation is 1. The molecule has 0 amide bonds. The van der Waals surface area contributed by atoms with E-state index in [2.05, 4.69) is 26.9 Å². The average molecular weight is 425 g/mol. The van der Waals surface area contributed by atoms with Gasteiger partial charge in [0.05, 0.1) is 11.9 Å². The largest absolute Gasteiger partial charge is 0.508 e. The van der Waals surface area contributed by atoms with Gasteiger partial charge in [-0.2, -0.15) is 0 Å². The lowest BCUT2D eigenvalue weighted by Crippen LogP contribution is -2.46. The van der Waals surface area contributed by atoms with Crippen LogP contribution in [0, 0.1) is 0 Å². The summed E-state index contributed by atoms with van der Waals surface area (Å²) in [6.45, 7) is 8.20. The predicted molar refractivity (Wildman–Crippen MR) is 125 cm³/mol. The number of hydrogen-bond donors (Lipinski definition) is 2. The highest BCUT2D eigenvalue weighted by molar-refractivity contribution is 7.19. The predicted octanol–water partition coefficient (Wildman–Crippen LogP) is 4.00. The van der Waals surface area contributed by atoms with Gasteiger partial charge < -0.3 is 15.0 Å². The SMILES string of the molecule is CC.O=c1[nH]c(CN2CCN(c3cccc(O)c3)CC2)nc2sc3c(c12)C=CCC3. The minimum absolute atomic E-state index is 0.0255. The minimum Gasteiger partial charge on any atom is -0.508 e. The molecule has 0 spiro atoms. The van der Waals surface area contributed by atoms with Crippen molar-refractivity contribution < 1.29 is 5.11 Å². The van der Waals surface area contributed by atoms with Crippen molar-refractivity contribution >= 4 is 33.3 Å². The van der Waals surface area contributed by atoms with E-state index in [-0.39, 0.29) is 5.56 Å². The molecule has 0 saturated carbocycles. The third kappa shape index (κ3) is 4.13. The molecule has 1 aliphatic heterocycles. The maximum absolute atomic E-state index is 12.7. The number of allylic oxidation sites excluding steroid dienone is 1. The van der Waals surface area contributed by atoms with Crippen LogP contribution in [0.25, 0.3) is 16.3 Å². The second-order valence-electron chi connectivity index (χ2n) is 7.36. The number of phenols is 1. The molecule has 2 aliphatic rings. The van der Waals surface area contributed by atoms with Crippen molar-refractivity contribution in [3.8, 4) is 5.75 Å². The molecule has 1 aromatic carbocycles. The second-order valence-corrected chi connectivity index (χ2v) is 8.44. The summed E-state index contributed by atoms with van der Waals surface area (Å²) < 4.78 is 0. The van der Waals surface area contributed by atoms with Crippen LogP contribution in [0.5, 0.6) is 5.75 Å². The fourth-order valence-corrected chi connectivity index (χ4v) is 5.23. The lowest BCUT2D eigenvalue weighted by Gasteiger charge is -2.35. The maximum atomic E-state index is 12.7. The van der Waals surface area contributed by atoms with Gasteiger partial charge in [0.2, 0.25) is 0 Å². The fourth-order valence-electron chi connectivity index (χ4n) is 4.04. The number of nitrogens with one attached hydrogen (secondary N) is 1. The lowest BCUT2D eigenvalue weighted by molar-refractivity contribution is 0.244. The van der Waals surface area contributed by atoms with E-state index in [1.807, 2.05) is 26.0 Å². The fraction of sp³-hybridized carbons (Fsp3) is 0.391. The second kappa shape index (κ2) is 9.02. The van der Waals surface area contributed by atoms with E-state index in [0.717, 1.165) is 66.3 Å². The van der Waals surface area contributed by atoms with Crippen LogP contribution in [-0.4, -0.2) is 46.2 Å². The molecular weight excluding hydrogens is 396 g/mol. The number of hydrogen-bond acceptors (Lipinski definition) is 6. The van der Waals surface area contributed by atoms with Crippen LogP contribution in [0.4, 0.5) is 5.69 Å². The van der Waals surface area contributed by atoms with Gasteiger partial charge >= 0.3 is 0 Å². The van der Waals surface area contributed by atoms with Crippen molar-refractivity contribution in [2.45, 2.75) is 33.2 Å². The lowest BCUT2D eigenvalue weighted by atomic mass is 10.0. The molecule has 2 N–H and O–H groups in total. The first-order valence-corrected chi connectivity index (χ1v) is 11.5. The highest BCUT2D eigenvalue weighted by Crippen LogP contribution is 2.32. The monoisotopic (exact) mass is 424 g/mol. The Morgan fingerprint density at radius 2 is 2.00 bits per heavy atom. The van der Waals surface area contributed by atoms with Crippen molar-refractivity contribution in [1.82, 2.24) is 14.9 Å². The highest BCUT2D eigenvalue weighted by atomic mass is 32.1. The van der Waals surface area contributed by atoms with Gasteiger partial charge in [-0.25, -0.2) is 4.98 Å². The van der Waals surface area contributed by atoms with Gasteiger partial charge in [0.15, 0.2) is 0 Å². The number of fused-ring (bicyclic) bond motifs is 3. The zero-order valence-electron chi connectivity index (χ0n) is 17.5. The van der Waals surface area contributed by atoms with Crippen LogP contribution in [0.2, 0.25) is 0 Å². The zero-order chi connectivity index (χ0) is 21.1. The molecule has 0 atom stereocenters. The maximum Gasteiger partial charge on any atom is 0.260 e. The van der Waals surface area contributed by atoms with Crippen LogP contribution in [0.3, 0.4) is 0 Å². The zero-order valence-corrected chi connectivity index (χ0v) is 18.3. The average Bonchev–Trinajstić information content (AvgIpc) is 3.14. The molecule has 7 heteroatoms. The summed E-state index contributed by atoms with van der Waals surface area (Å²) >= 11 is 1.66. The summed E-state index contributed by atoms with van der Waals surface area (Å²) in [5.41, 5.74) is 2.08. The first-order valence-electron chi connectivity index (χ1n) is 10.6. The van der Waals surface area contributed by atoms with Gasteiger partial charge in [-0.15, -0.1) is 11.3 Å². The number of thiophene rings is 1. The molecular formula is C23H28N4O2S. The van der Waals surface area contributed by atoms with Gasteiger partial charge in [-0.1, -0.05) is 32.1 Å². The van der Waals surface area contributed by atoms with E-state index >= 15 is 0 Å². The van der Waals surface area contributed by atoms with Crippen molar-refractivity contribution in [3.05, 3.63) is 57.0 Å². The Bertz CT molecular complexity index is 1110. The number of aromatic hydroxyl groups is 1. The molecule has 5 rings (SSSR count). The van der Waals surface area contributed by atoms with E-state index in [0.29, 0.717) is 12.3 Å². The molecule has 2 aromatic heterocycles. The number of aromatic amines is 1. The normalized spacial score (nSPS) is 16.3. The molecule has 30 heavy (non-hydrogen) atoms. The van der Waals surface area contributed by atoms with Crippen LogP contribution in [0.15, 0.2) is 35.1 Å². The van der Waals surface area contributed by atoms with E-state index in [1.54, 1.807) is 23.5 Å². The molecule has 0 bridgehead atoms. The summed E-state index contributed by atoms with van der Waals surface area (Å²) in [4.78, 5) is 27.2. The van der Waals surface area contributed by atoms with Gasteiger partial charge in [0, 0.05) is 48.4 Å². The quantitative estimate of drug-likeness (QED) is 0.665. The smallest absolute Gasteiger partial charge is 0.260 e. The van der Waals surface area contributed by atoms with Gasteiger partial charge in [0.25, 0.3) is 5.56 Å². The van der Waals surface area contributed by atoms with Gasteiger partial charge in [-0.05, 0) is 25.0 Å². The number of aromatic nitrogens is 2. The van der Waals surface area contributed by atoms with Crippen molar-refractivity contribution in [2.75, 3.05) is 31.1 Å². The molecule has 158 valence electrons. The van der Waals surface area contributed by atoms with E-state index in [9.17, 15) is 9.90 Å². The molecule has 0 radical (unpaired) electrons. The number of nitrogens with zero attached hydrogens (tertiary/aromatic N) is 3. The number of piperazine rings is 1. The Kier molecular flexibility index (Phi) is 6.20. The topological polar surface area (TPSA) is 72.5 Å². The first kappa shape index (κ1) is 20.6. The Morgan fingerprint density at radius 3 is 2.77 bits per heavy atom. The van der Waals surface area contributed by atoms with Gasteiger partial charge in [0.1, 0.15) is 16.4 Å². The van der Waals surface area contributed by atoms with Gasteiger partial charge in [-0.3, -0.25) is 9.69 Å². The number of phenolic OH excluding ortho intramolecular Hbond substituents is 1. The Labute approximate surface area is 180 Å². The van der Waals surface area contributed by atoms with Crippen LogP contribution < -0.4 is 10.5 Å². The molecule has 6 nitrogen and oxygen atoms in total. The van der Waals surface area contributed by atoms with Crippen LogP contribution in [0.1, 0.15) is 36.5 Å². The van der Waals surface area contributed by atoms with Crippen molar-refractivity contribution in [2.24, 2.45) is 0 Å². The standard InChI is InChI=1S/C21H22N4O2S.C2H6/c26-15-5-3-4-14(12-15)25-10-8-24(9-11-25)13-18-22-20(27)19-16-6-1-2-7-17(16)28-21(19)23-18;1-2/h1,3-6,12,26H,2,7-11,13H2,(H,22,23,27);1-2H3. The number of anilines is 1. The molecule has 1 fully saturated rings. The molecule has 3 aromatic rings. The summed E-state index contributed by atoms with van der Waals surface area (Å²) in [5.74, 6) is 1.04. The number of benzene rings is 1. The summed E-state index contributed by atoms with van der Waals surface area (Å²) in [7, 11) is 0. The van der Waals surface area contributed by atoms with Crippen molar-refractivity contribution in [1.29, 1.82) is 0 Å². The van der Waals surface area contributed by atoms with Crippen molar-refractivity contribution in [3.63, 3.8) is 0 Å². The minimum atomic E-state index is -0.0255. The Morgan fingerprint density at radius 1 is 1.20 bits per heavy atom. The molecule has 0 unspecified atom stereocenters. The summed E-state index contributed by atoms with van der Waals surface area (Å²) in [6, 6.07) is 7.39. The number of rotatable bonds is 3. The van der Waals surface area contributed by atoms with Crippen LogP contribution in [-0.2, 0) is 13.0 Å². The third-order valence-electron chi connectivity index (χ3n) is 5.49. The van der Waals surface area contributed by atoms with E-state index < -0.39 is 0 Å². The Balaban J connectivity index is 0.00000106. The van der Waals surface area contributed by atoms with E-state index in [1.165, 1.54) is 4.88 Å². The highest BCUT2D eigenvalue weighted by Gasteiger charge is 2.20. The third-order valence-corrected chi connectivity index (χ3v) is 6.65. The summed E-state index contributed by atoms with van der Waals surface area (Å²) in [5, 5.41) is 10.4. The summed E-state index contributed by atoms with van der Waals surface area (Å²) in [6.07, 6.45) is 6.23. The molecule has 1 aliphatic carbocycles. The molecule has 1 saturated heterocycles. The number of H-pyrrole nitrogens is 1. The first-order chi connectivity index (χ1) is 14.7. The molecule has 3 heterocycles. The van der Waals surface area contributed by atoms with E-state index in [4.69, 9.17) is 4.98 Å².